The first-order valence-electron chi connectivity index (χ1n) is 9.33. The van der Waals surface area contributed by atoms with Crippen LogP contribution in [0.25, 0.3) is 0 Å². The Hall–Kier alpha value is -1.95. The molecule has 7 heteroatoms. The Morgan fingerprint density at radius 2 is 2.07 bits per heavy atom. The van der Waals surface area contributed by atoms with E-state index in [9.17, 15) is 9.59 Å². The minimum atomic E-state index is -0.284. The van der Waals surface area contributed by atoms with Crippen molar-refractivity contribution in [1.29, 1.82) is 0 Å². The molecule has 27 heavy (non-hydrogen) atoms. The standard InChI is InChI=1S/C20H28ClNO5/c1-5-26-20(24)14-7-6-8-22(11-14)19(23)15-9-16(21)18(17(10-15)25-4)27-12-13(2)3/h9-10,13-14H,5-8,11-12H2,1-4H3/t14-/m1/s1. The number of rotatable bonds is 7. The van der Waals surface area contributed by atoms with E-state index in [2.05, 4.69) is 0 Å². The summed E-state index contributed by atoms with van der Waals surface area (Å²) in [5, 5.41) is 0.331. The maximum atomic E-state index is 12.9. The summed E-state index contributed by atoms with van der Waals surface area (Å²) in [5.74, 6) is 0.481. The summed E-state index contributed by atoms with van der Waals surface area (Å²) in [5.41, 5.74) is 0.415. The van der Waals surface area contributed by atoms with Crippen LogP contribution in [0, 0.1) is 11.8 Å². The van der Waals surface area contributed by atoms with Gasteiger partial charge in [0, 0.05) is 18.7 Å². The van der Waals surface area contributed by atoms with Gasteiger partial charge in [-0.3, -0.25) is 9.59 Å². The van der Waals surface area contributed by atoms with Crippen LogP contribution in [-0.2, 0) is 9.53 Å². The van der Waals surface area contributed by atoms with Gasteiger partial charge in [0.25, 0.3) is 5.91 Å². The Morgan fingerprint density at radius 1 is 1.33 bits per heavy atom. The Labute approximate surface area is 165 Å². The molecule has 1 heterocycles. The molecule has 1 aliphatic heterocycles. The highest BCUT2D eigenvalue weighted by Gasteiger charge is 2.30. The van der Waals surface area contributed by atoms with Crippen molar-refractivity contribution in [2.45, 2.75) is 33.6 Å². The van der Waals surface area contributed by atoms with Crippen molar-refractivity contribution in [3.05, 3.63) is 22.7 Å². The van der Waals surface area contributed by atoms with E-state index in [0.717, 1.165) is 12.8 Å². The molecule has 6 nitrogen and oxygen atoms in total. The van der Waals surface area contributed by atoms with E-state index < -0.39 is 0 Å². The van der Waals surface area contributed by atoms with Crippen LogP contribution in [0.1, 0.15) is 44.0 Å². The van der Waals surface area contributed by atoms with Crippen molar-refractivity contribution in [3.63, 3.8) is 0 Å². The molecule has 1 aromatic rings. The van der Waals surface area contributed by atoms with Gasteiger partial charge < -0.3 is 19.1 Å². The second-order valence-corrected chi connectivity index (χ2v) is 7.44. The van der Waals surface area contributed by atoms with Crippen LogP contribution in [0.4, 0.5) is 0 Å². The van der Waals surface area contributed by atoms with Crippen molar-refractivity contribution in [2.75, 3.05) is 33.4 Å². The molecule has 0 saturated carbocycles. The summed E-state index contributed by atoms with van der Waals surface area (Å²) in [7, 11) is 1.51. The molecular weight excluding hydrogens is 370 g/mol. The number of piperidine rings is 1. The number of methoxy groups -OCH3 is 1. The molecule has 1 atom stereocenters. The number of esters is 1. The molecule has 1 amide bonds. The van der Waals surface area contributed by atoms with E-state index >= 15 is 0 Å². The monoisotopic (exact) mass is 397 g/mol. The Kier molecular flexibility index (Phi) is 7.78. The van der Waals surface area contributed by atoms with E-state index in [1.165, 1.54) is 7.11 Å². The lowest BCUT2D eigenvalue weighted by Gasteiger charge is -2.31. The minimum Gasteiger partial charge on any atom is -0.493 e. The lowest BCUT2D eigenvalue weighted by atomic mass is 9.97. The number of likely N-dealkylation sites (tertiary alicyclic amines) is 1. The fraction of sp³-hybridized carbons (Fsp3) is 0.600. The van der Waals surface area contributed by atoms with Gasteiger partial charge in [-0.1, -0.05) is 25.4 Å². The molecule has 2 rings (SSSR count). The maximum Gasteiger partial charge on any atom is 0.310 e. The molecule has 150 valence electrons. The molecule has 0 aromatic heterocycles. The van der Waals surface area contributed by atoms with Gasteiger partial charge in [0.15, 0.2) is 11.5 Å². The van der Waals surface area contributed by atoms with E-state index in [1.807, 2.05) is 13.8 Å². The second-order valence-electron chi connectivity index (χ2n) is 7.04. The van der Waals surface area contributed by atoms with Crippen LogP contribution in [-0.4, -0.2) is 50.2 Å². The molecular formula is C20H28ClNO5. The zero-order valence-corrected chi connectivity index (χ0v) is 17.2. The average Bonchev–Trinajstić information content (AvgIpc) is 2.66. The van der Waals surface area contributed by atoms with Crippen LogP contribution in [0.5, 0.6) is 11.5 Å². The first kappa shape index (κ1) is 21.4. The lowest BCUT2D eigenvalue weighted by Crippen LogP contribution is -2.42. The number of amides is 1. The molecule has 0 bridgehead atoms. The zero-order chi connectivity index (χ0) is 20.0. The first-order valence-corrected chi connectivity index (χ1v) is 9.71. The number of ether oxygens (including phenoxy) is 3. The van der Waals surface area contributed by atoms with E-state index in [0.29, 0.717) is 54.3 Å². The van der Waals surface area contributed by atoms with Crippen LogP contribution >= 0.6 is 11.6 Å². The van der Waals surface area contributed by atoms with Gasteiger partial charge in [0.1, 0.15) is 0 Å². The Bertz CT molecular complexity index is 677. The molecule has 1 saturated heterocycles. The normalized spacial score (nSPS) is 17.0. The van der Waals surface area contributed by atoms with Gasteiger partial charge in [-0.05, 0) is 37.8 Å². The number of carbonyl (C=O) groups excluding carboxylic acids is 2. The van der Waals surface area contributed by atoms with Crippen molar-refractivity contribution in [2.24, 2.45) is 11.8 Å². The van der Waals surface area contributed by atoms with E-state index in [-0.39, 0.29) is 17.8 Å². The van der Waals surface area contributed by atoms with Crippen molar-refractivity contribution in [1.82, 2.24) is 4.90 Å². The van der Waals surface area contributed by atoms with Crippen molar-refractivity contribution >= 4 is 23.5 Å². The highest BCUT2D eigenvalue weighted by Crippen LogP contribution is 2.37. The highest BCUT2D eigenvalue weighted by atomic mass is 35.5. The zero-order valence-electron chi connectivity index (χ0n) is 16.4. The molecule has 1 aliphatic rings. The average molecular weight is 398 g/mol. The topological polar surface area (TPSA) is 65.1 Å². The lowest BCUT2D eigenvalue weighted by molar-refractivity contribution is -0.149. The maximum absolute atomic E-state index is 12.9. The molecule has 0 radical (unpaired) electrons. The van der Waals surface area contributed by atoms with Gasteiger partial charge in [-0.25, -0.2) is 0 Å². The summed E-state index contributed by atoms with van der Waals surface area (Å²) in [6.45, 7) is 7.64. The number of carbonyl (C=O) groups is 2. The smallest absolute Gasteiger partial charge is 0.310 e. The van der Waals surface area contributed by atoms with Gasteiger partial charge in [-0.15, -0.1) is 0 Å². The van der Waals surface area contributed by atoms with Crippen LogP contribution in [0.2, 0.25) is 5.02 Å². The number of hydrogen-bond donors (Lipinski definition) is 0. The SMILES string of the molecule is CCOC(=O)[C@@H]1CCCN(C(=O)c2cc(Cl)c(OCC(C)C)c(OC)c2)C1. The number of halogens is 1. The van der Waals surface area contributed by atoms with Gasteiger partial charge >= 0.3 is 5.97 Å². The molecule has 0 N–H and O–H groups in total. The molecule has 1 aromatic carbocycles. The van der Waals surface area contributed by atoms with Gasteiger partial charge in [0.2, 0.25) is 0 Å². The van der Waals surface area contributed by atoms with Gasteiger partial charge in [-0.2, -0.15) is 0 Å². The van der Waals surface area contributed by atoms with Gasteiger partial charge in [0.05, 0.1) is 31.3 Å². The van der Waals surface area contributed by atoms with Crippen LogP contribution < -0.4 is 9.47 Å². The third-order valence-electron chi connectivity index (χ3n) is 4.37. The predicted molar refractivity (Wildman–Crippen MR) is 104 cm³/mol. The fourth-order valence-electron chi connectivity index (χ4n) is 3.03. The highest BCUT2D eigenvalue weighted by molar-refractivity contribution is 6.32. The van der Waals surface area contributed by atoms with E-state index in [1.54, 1.807) is 24.0 Å². The summed E-state index contributed by atoms with van der Waals surface area (Å²) >= 11 is 6.35. The number of nitrogens with zero attached hydrogens (tertiary/aromatic N) is 1. The number of hydrogen-bond acceptors (Lipinski definition) is 5. The third-order valence-corrected chi connectivity index (χ3v) is 4.65. The fourth-order valence-corrected chi connectivity index (χ4v) is 3.30. The minimum absolute atomic E-state index is 0.181. The quantitative estimate of drug-likeness (QED) is 0.655. The molecule has 0 spiro atoms. The molecule has 0 unspecified atom stereocenters. The summed E-state index contributed by atoms with van der Waals surface area (Å²) in [6.07, 6.45) is 1.49. The molecule has 0 aliphatic carbocycles. The summed E-state index contributed by atoms with van der Waals surface area (Å²) in [6, 6.07) is 3.23. The Balaban J connectivity index is 2.18. The summed E-state index contributed by atoms with van der Waals surface area (Å²) < 4.78 is 16.2. The summed E-state index contributed by atoms with van der Waals surface area (Å²) in [4.78, 5) is 26.6. The van der Waals surface area contributed by atoms with Crippen molar-refractivity contribution < 1.29 is 23.8 Å². The van der Waals surface area contributed by atoms with E-state index in [4.69, 9.17) is 25.8 Å². The van der Waals surface area contributed by atoms with Crippen LogP contribution in [0.3, 0.4) is 0 Å². The predicted octanol–water partition coefficient (Wildman–Crippen LogP) is 3.80. The third kappa shape index (κ3) is 5.51. The van der Waals surface area contributed by atoms with Crippen LogP contribution in [0.15, 0.2) is 12.1 Å². The largest absolute Gasteiger partial charge is 0.493 e. The first-order chi connectivity index (χ1) is 12.9. The number of benzene rings is 1. The molecule has 1 fully saturated rings. The Morgan fingerprint density at radius 3 is 2.70 bits per heavy atom. The van der Waals surface area contributed by atoms with Crippen molar-refractivity contribution in [3.8, 4) is 11.5 Å². The second kappa shape index (κ2) is 9.83.